The summed E-state index contributed by atoms with van der Waals surface area (Å²) >= 11 is 0. The number of aromatic nitrogens is 4. The van der Waals surface area contributed by atoms with Gasteiger partial charge in [-0.25, -0.2) is 9.97 Å². The quantitative estimate of drug-likeness (QED) is 0.107. The average Bonchev–Trinajstić information content (AvgIpc) is 3.05. The van der Waals surface area contributed by atoms with Crippen LogP contribution in [0.15, 0.2) is 84.9 Å². The molecule has 6 aromatic rings. The molecular formula is C36H40N8O2. The first-order chi connectivity index (χ1) is 22.3. The number of fused-ring (bicyclic) bond motifs is 2. The average molecular weight is 617 g/mol. The lowest BCUT2D eigenvalue weighted by Crippen LogP contribution is -2.20. The highest BCUT2D eigenvalue weighted by molar-refractivity contribution is 5.94. The third-order valence-electron chi connectivity index (χ3n) is 7.62. The molecular weight excluding hydrogens is 576 g/mol. The second-order valence-corrected chi connectivity index (χ2v) is 11.2. The van der Waals surface area contributed by atoms with Gasteiger partial charge in [-0.15, -0.1) is 0 Å². The molecule has 236 valence electrons. The molecule has 2 aromatic heterocycles. The third kappa shape index (κ3) is 7.48. The van der Waals surface area contributed by atoms with E-state index in [9.17, 15) is 5.11 Å². The van der Waals surface area contributed by atoms with E-state index in [2.05, 4.69) is 80.8 Å². The van der Waals surface area contributed by atoms with Crippen molar-refractivity contribution in [3.8, 4) is 22.3 Å². The molecule has 0 saturated carbocycles. The first kappa shape index (κ1) is 32.1. The maximum Gasteiger partial charge on any atom is 0.222 e. The first-order valence-electron chi connectivity index (χ1n) is 15.3. The molecule has 46 heavy (non-hydrogen) atoms. The van der Waals surface area contributed by atoms with Gasteiger partial charge in [0.15, 0.2) is 0 Å². The van der Waals surface area contributed by atoms with Crippen molar-refractivity contribution in [2.75, 3.05) is 41.9 Å². The highest BCUT2D eigenvalue weighted by atomic mass is 16.3. The van der Waals surface area contributed by atoms with Gasteiger partial charge in [0.2, 0.25) is 11.9 Å². The monoisotopic (exact) mass is 616 g/mol. The van der Waals surface area contributed by atoms with Gasteiger partial charge in [-0.1, -0.05) is 60.7 Å². The van der Waals surface area contributed by atoms with Crippen LogP contribution >= 0.6 is 0 Å². The predicted octanol–water partition coefficient (Wildman–Crippen LogP) is 5.96. The molecule has 4 aromatic carbocycles. The van der Waals surface area contributed by atoms with Gasteiger partial charge in [0.25, 0.3) is 0 Å². The van der Waals surface area contributed by atoms with E-state index in [4.69, 9.17) is 16.6 Å². The van der Waals surface area contributed by atoms with Gasteiger partial charge in [-0.05, 0) is 84.8 Å². The van der Waals surface area contributed by atoms with Crippen LogP contribution in [0.4, 0.5) is 23.5 Å². The number of anilines is 4. The summed E-state index contributed by atoms with van der Waals surface area (Å²) in [7, 11) is 0. The second kappa shape index (κ2) is 14.6. The van der Waals surface area contributed by atoms with E-state index in [1.165, 1.54) is 22.3 Å². The minimum Gasteiger partial charge on any atom is -0.396 e. The number of hydrogen-bond acceptors (Lipinski definition) is 10. The van der Waals surface area contributed by atoms with Gasteiger partial charge >= 0.3 is 0 Å². The Morgan fingerprint density at radius 1 is 0.674 bits per heavy atom. The van der Waals surface area contributed by atoms with E-state index >= 15 is 0 Å². The van der Waals surface area contributed by atoms with Crippen LogP contribution in [-0.2, 0) is 0 Å². The summed E-state index contributed by atoms with van der Waals surface area (Å²) in [6.07, 6.45) is 0.659. The molecule has 6 rings (SSSR count). The van der Waals surface area contributed by atoms with Crippen molar-refractivity contribution in [1.82, 2.24) is 19.9 Å². The number of rotatable bonds is 9. The zero-order valence-corrected chi connectivity index (χ0v) is 26.3. The van der Waals surface area contributed by atoms with Crippen LogP contribution in [0.1, 0.15) is 24.5 Å². The standard InChI is InChI=1S/2C18H20N4O/c1-11-5-3-4-6-14(11)13-7-8-15-16(9-13)21-18(19)22-17(15)20-12(2)10-23;1-12-5-2-3-6-14(12)13-7-8-15-16(11-13)21-18(19)22-17(15)20-9-4-10-23/h3-9,12,23H,10H2,1-2H3,(H3,19,20,21,22);2-3,5-8,11,23H,4,9-10H2,1H3,(H3,19,20,21,22). The Hall–Kier alpha value is -5.32. The Labute approximate surface area is 268 Å². The number of nitrogens with one attached hydrogen (secondary N) is 2. The molecule has 8 N–H and O–H groups in total. The normalized spacial score (nSPS) is 11.6. The summed E-state index contributed by atoms with van der Waals surface area (Å²) < 4.78 is 0. The molecule has 0 aliphatic carbocycles. The Morgan fingerprint density at radius 2 is 1.17 bits per heavy atom. The molecule has 2 heterocycles. The largest absolute Gasteiger partial charge is 0.396 e. The van der Waals surface area contributed by atoms with Gasteiger partial charge in [0.05, 0.1) is 17.6 Å². The minimum absolute atomic E-state index is 0.0205. The van der Waals surface area contributed by atoms with E-state index in [-0.39, 0.29) is 31.2 Å². The van der Waals surface area contributed by atoms with Crippen LogP contribution in [0.3, 0.4) is 0 Å². The van der Waals surface area contributed by atoms with Crippen LogP contribution in [0, 0.1) is 13.8 Å². The first-order valence-corrected chi connectivity index (χ1v) is 15.3. The van der Waals surface area contributed by atoms with Crippen molar-refractivity contribution < 1.29 is 10.2 Å². The fourth-order valence-corrected chi connectivity index (χ4v) is 5.23. The summed E-state index contributed by atoms with van der Waals surface area (Å²) in [5, 5.41) is 26.3. The maximum atomic E-state index is 9.22. The van der Waals surface area contributed by atoms with Crippen molar-refractivity contribution in [2.45, 2.75) is 33.2 Å². The number of nitrogens with two attached hydrogens (primary N) is 2. The molecule has 0 amide bonds. The number of nitrogen functional groups attached to an aromatic ring is 2. The lowest BCUT2D eigenvalue weighted by atomic mass is 9.99. The van der Waals surface area contributed by atoms with Crippen LogP contribution in [0.2, 0.25) is 0 Å². The molecule has 0 saturated heterocycles. The van der Waals surface area contributed by atoms with E-state index < -0.39 is 0 Å². The van der Waals surface area contributed by atoms with Crippen molar-refractivity contribution in [3.05, 3.63) is 96.1 Å². The SMILES string of the molecule is Cc1ccccc1-c1ccc2c(NC(C)CO)nc(N)nc2c1.Cc1ccccc1-c1ccc2c(NCCCO)nc(N)nc2c1. The number of aryl methyl sites for hydroxylation is 2. The van der Waals surface area contributed by atoms with Crippen LogP contribution in [0.25, 0.3) is 44.1 Å². The molecule has 10 heteroatoms. The van der Waals surface area contributed by atoms with Crippen LogP contribution in [-0.4, -0.2) is 55.9 Å². The second-order valence-electron chi connectivity index (χ2n) is 11.2. The van der Waals surface area contributed by atoms with E-state index in [1.54, 1.807) is 0 Å². The summed E-state index contributed by atoms with van der Waals surface area (Å²) in [6, 6.07) is 28.6. The van der Waals surface area contributed by atoms with Crippen molar-refractivity contribution in [3.63, 3.8) is 0 Å². The van der Waals surface area contributed by atoms with Gasteiger partial charge in [-0.3, -0.25) is 0 Å². The van der Waals surface area contributed by atoms with Gasteiger partial charge in [0.1, 0.15) is 11.6 Å². The topological polar surface area (TPSA) is 168 Å². The Bertz CT molecular complexity index is 1960. The van der Waals surface area contributed by atoms with Gasteiger partial charge < -0.3 is 32.3 Å². The Balaban J connectivity index is 0.000000181. The molecule has 0 fully saturated rings. The minimum atomic E-state index is -0.108. The molecule has 0 aliphatic heterocycles. The lowest BCUT2D eigenvalue weighted by molar-refractivity contribution is 0.281. The van der Waals surface area contributed by atoms with E-state index in [0.717, 1.165) is 32.9 Å². The van der Waals surface area contributed by atoms with Gasteiger partial charge in [0, 0.05) is 30.0 Å². The highest BCUT2D eigenvalue weighted by Crippen LogP contribution is 2.30. The highest BCUT2D eigenvalue weighted by Gasteiger charge is 2.12. The zero-order valence-electron chi connectivity index (χ0n) is 26.3. The number of aliphatic hydroxyl groups excluding tert-OH is 2. The molecule has 1 unspecified atom stereocenters. The molecule has 10 nitrogen and oxygen atoms in total. The fourth-order valence-electron chi connectivity index (χ4n) is 5.23. The zero-order chi connectivity index (χ0) is 32.6. The van der Waals surface area contributed by atoms with E-state index in [0.29, 0.717) is 24.6 Å². The Kier molecular flexibility index (Phi) is 10.2. The number of aliphatic hydroxyl groups is 2. The van der Waals surface area contributed by atoms with Crippen LogP contribution < -0.4 is 22.1 Å². The van der Waals surface area contributed by atoms with E-state index in [1.807, 2.05) is 55.5 Å². The Morgan fingerprint density at radius 3 is 1.67 bits per heavy atom. The summed E-state index contributed by atoms with van der Waals surface area (Å²) in [5.74, 6) is 1.81. The number of nitrogens with zero attached hydrogens (tertiary/aromatic N) is 4. The van der Waals surface area contributed by atoms with Gasteiger partial charge in [-0.2, -0.15) is 9.97 Å². The summed E-state index contributed by atoms with van der Waals surface area (Å²) in [5.41, 5.74) is 20.2. The van der Waals surface area contributed by atoms with Crippen LogP contribution in [0.5, 0.6) is 0 Å². The van der Waals surface area contributed by atoms with Crippen molar-refractivity contribution in [1.29, 1.82) is 0 Å². The molecule has 0 aliphatic rings. The third-order valence-corrected chi connectivity index (χ3v) is 7.62. The number of benzene rings is 4. The molecule has 0 spiro atoms. The van der Waals surface area contributed by atoms with Crippen molar-refractivity contribution in [2.24, 2.45) is 0 Å². The predicted molar refractivity (Wildman–Crippen MR) is 189 cm³/mol. The molecule has 0 bridgehead atoms. The maximum absolute atomic E-state index is 9.22. The molecule has 0 radical (unpaired) electrons. The lowest BCUT2D eigenvalue weighted by Gasteiger charge is -2.14. The molecule has 1 atom stereocenters. The smallest absolute Gasteiger partial charge is 0.222 e. The summed E-state index contributed by atoms with van der Waals surface area (Å²) in [4.78, 5) is 17.2. The number of hydrogen-bond donors (Lipinski definition) is 6. The van der Waals surface area contributed by atoms with Crippen molar-refractivity contribution >= 4 is 45.3 Å². The fraction of sp³-hybridized carbons (Fsp3) is 0.222. The summed E-state index contributed by atoms with van der Waals surface area (Å²) in [6.45, 7) is 6.86.